The highest BCUT2D eigenvalue weighted by atomic mass is 35.5. The monoisotopic (exact) mass is 268 g/mol. The van der Waals surface area contributed by atoms with Gasteiger partial charge in [0.2, 0.25) is 0 Å². The summed E-state index contributed by atoms with van der Waals surface area (Å²) in [6.45, 7) is 0. The van der Waals surface area contributed by atoms with Crippen LogP contribution in [0.2, 0.25) is 10.0 Å². The van der Waals surface area contributed by atoms with E-state index in [0.29, 0.717) is 15.7 Å². The third-order valence-corrected chi connectivity index (χ3v) is 2.43. The van der Waals surface area contributed by atoms with E-state index in [9.17, 15) is 0 Å². The Kier molecular flexibility index (Phi) is 3.87. The van der Waals surface area contributed by atoms with Crippen molar-refractivity contribution in [1.29, 1.82) is 5.41 Å². The van der Waals surface area contributed by atoms with E-state index in [2.05, 4.69) is 15.9 Å². The van der Waals surface area contributed by atoms with Crippen LogP contribution in [0.1, 0.15) is 0 Å². The summed E-state index contributed by atoms with van der Waals surface area (Å²) in [7, 11) is 0. The number of nitrogens with zero attached hydrogens (tertiary/aromatic N) is 1. The summed E-state index contributed by atoms with van der Waals surface area (Å²) in [5.41, 5.74) is 5.61. The molecule has 1 fully saturated rings. The molecule has 0 amide bonds. The highest BCUT2D eigenvalue weighted by Gasteiger charge is 2.20. The normalized spacial score (nSPS) is 14.3. The molecule has 0 aliphatic carbocycles. The van der Waals surface area contributed by atoms with Crippen molar-refractivity contribution in [2.75, 3.05) is 5.12 Å². The van der Waals surface area contributed by atoms with Crippen molar-refractivity contribution < 1.29 is 4.84 Å². The molecule has 1 aromatic rings. The van der Waals surface area contributed by atoms with E-state index in [1.807, 2.05) is 0 Å². The SMILES string of the molecule is Cl.N=C1NN(c2cccc(Cl)c2Cl)NO1. The minimum atomic E-state index is -0.110. The van der Waals surface area contributed by atoms with Gasteiger partial charge < -0.3 is 4.84 Å². The molecule has 0 atom stereocenters. The number of benzene rings is 1. The molecule has 82 valence electrons. The Labute approximate surface area is 102 Å². The molecule has 1 heterocycles. The smallest absolute Gasteiger partial charge is 0.324 e. The molecule has 1 aliphatic heterocycles. The number of anilines is 1. The second-order valence-electron chi connectivity index (χ2n) is 2.54. The van der Waals surface area contributed by atoms with Gasteiger partial charge in [-0.1, -0.05) is 29.3 Å². The van der Waals surface area contributed by atoms with Gasteiger partial charge in [0.15, 0.2) is 0 Å². The molecular formula is C7H7Cl3N4O. The summed E-state index contributed by atoms with van der Waals surface area (Å²) >= 11 is 11.8. The fourth-order valence-electron chi connectivity index (χ4n) is 1.01. The molecule has 15 heavy (non-hydrogen) atoms. The Bertz CT molecular complexity index is 386. The highest BCUT2D eigenvalue weighted by Crippen LogP contribution is 2.31. The Morgan fingerprint density at radius 3 is 2.67 bits per heavy atom. The van der Waals surface area contributed by atoms with Crippen molar-refractivity contribution in [3.63, 3.8) is 0 Å². The van der Waals surface area contributed by atoms with Crippen LogP contribution in [0.5, 0.6) is 0 Å². The van der Waals surface area contributed by atoms with Gasteiger partial charge in [-0.15, -0.1) is 12.4 Å². The molecule has 0 bridgehead atoms. The van der Waals surface area contributed by atoms with Crippen molar-refractivity contribution in [3.8, 4) is 0 Å². The van der Waals surface area contributed by atoms with Gasteiger partial charge >= 0.3 is 6.02 Å². The third-order valence-electron chi connectivity index (χ3n) is 1.62. The number of hydrogen-bond acceptors (Lipinski definition) is 4. The lowest BCUT2D eigenvalue weighted by molar-refractivity contribution is 0.208. The van der Waals surface area contributed by atoms with Gasteiger partial charge in [-0.3, -0.25) is 0 Å². The molecule has 5 nitrogen and oxygen atoms in total. The first-order valence-corrected chi connectivity index (χ1v) is 4.46. The van der Waals surface area contributed by atoms with Crippen LogP contribution in [0.3, 0.4) is 0 Å². The molecule has 0 radical (unpaired) electrons. The summed E-state index contributed by atoms with van der Waals surface area (Å²) < 4.78 is 0. The number of amidine groups is 1. The van der Waals surface area contributed by atoms with E-state index in [0.717, 1.165) is 0 Å². The van der Waals surface area contributed by atoms with E-state index in [1.165, 1.54) is 5.12 Å². The number of hydrogen-bond donors (Lipinski definition) is 3. The number of halogens is 3. The minimum Gasteiger partial charge on any atom is -0.348 e. The Hall–Kier alpha value is -0.880. The van der Waals surface area contributed by atoms with Gasteiger partial charge in [-0.2, -0.15) is 5.12 Å². The van der Waals surface area contributed by atoms with Gasteiger partial charge in [0.25, 0.3) is 0 Å². The average molecular weight is 270 g/mol. The van der Waals surface area contributed by atoms with E-state index < -0.39 is 0 Å². The summed E-state index contributed by atoms with van der Waals surface area (Å²) in [6.07, 6.45) is 0. The molecule has 1 aromatic carbocycles. The van der Waals surface area contributed by atoms with E-state index in [1.54, 1.807) is 18.2 Å². The van der Waals surface area contributed by atoms with Gasteiger partial charge in [-0.25, -0.2) is 10.8 Å². The lowest BCUT2D eigenvalue weighted by Crippen LogP contribution is -2.38. The van der Waals surface area contributed by atoms with E-state index in [-0.39, 0.29) is 18.4 Å². The van der Waals surface area contributed by atoms with E-state index >= 15 is 0 Å². The van der Waals surface area contributed by atoms with Gasteiger partial charge in [0.1, 0.15) is 0 Å². The maximum atomic E-state index is 7.14. The van der Waals surface area contributed by atoms with Crippen LogP contribution in [0.4, 0.5) is 5.69 Å². The molecular weight excluding hydrogens is 262 g/mol. The first-order valence-electron chi connectivity index (χ1n) is 3.70. The molecule has 3 N–H and O–H groups in total. The van der Waals surface area contributed by atoms with Gasteiger partial charge in [0.05, 0.1) is 15.7 Å². The Balaban J connectivity index is 0.00000112. The van der Waals surface area contributed by atoms with Crippen LogP contribution in [-0.2, 0) is 4.84 Å². The third kappa shape index (κ3) is 2.38. The standard InChI is InChI=1S/C7H6Cl2N4O.ClH/c8-4-2-1-3-5(6(4)9)13-11-7(10)14-12-13;/h1-3,12H,(H2,10,11);1H. The zero-order valence-corrected chi connectivity index (χ0v) is 9.58. The average Bonchev–Trinajstić information content (AvgIpc) is 2.57. The molecule has 8 heteroatoms. The van der Waals surface area contributed by atoms with Crippen LogP contribution >= 0.6 is 35.6 Å². The molecule has 0 unspecified atom stereocenters. The fraction of sp³-hybridized carbons (Fsp3) is 0. The summed E-state index contributed by atoms with van der Waals surface area (Å²) in [5, 5.41) is 9.31. The van der Waals surface area contributed by atoms with E-state index in [4.69, 9.17) is 28.6 Å². The number of hydrazine groups is 2. The van der Waals surface area contributed by atoms with Crippen LogP contribution < -0.4 is 16.1 Å². The van der Waals surface area contributed by atoms with Crippen LogP contribution in [-0.4, -0.2) is 6.02 Å². The minimum absolute atomic E-state index is 0. The quantitative estimate of drug-likeness (QED) is 0.731. The Morgan fingerprint density at radius 2 is 2.07 bits per heavy atom. The molecule has 2 rings (SSSR count). The molecule has 0 aromatic heterocycles. The maximum absolute atomic E-state index is 7.14. The van der Waals surface area contributed by atoms with Gasteiger partial charge in [-0.05, 0) is 17.7 Å². The molecule has 1 aliphatic rings. The first-order chi connectivity index (χ1) is 6.68. The molecule has 1 saturated heterocycles. The lowest BCUT2D eigenvalue weighted by Gasteiger charge is -2.15. The highest BCUT2D eigenvalue weighted by molar-refractivity contribution is 6.43. The van der Waals surface area contributed by atoms with Crippen molar-refractivity contribution in [3.05, 3.63) is 28.2 Å². The van der Waals surface area contributed by atoms with Crippen LogP contribution in [0, 0.1) is 5.41 Å². The van der Waals surface area contributed by atoms with Crippen molar-refractivity contribution in [2.45, 2.75) is 0 Å². The topological polar surface area (TPSA) is 60.4 Å². The largest absolute Gasteiger partial charge is 0.348 e. The summed E-state index contributed by atoms with van der Waals surface area (Å²) in [5.74, 6) is 0. The predicted octanol–water partition coefficient (Wildman–Crippen LogP) is 2.11. The van der Waals surface area contributed by atoms with Gasteiger partial charge in [0, 0.05) is 0 Å². The van der Waals surface area contributed by atoms with Crippen molar-refractivity contribution >= 4 is 47.3 Å². The van der Waals surface area contributed by atoms with Crippen molar-refractivity contribution in [2.24, 2.45) is 0 Å². The lowest BCUT2D eigenvalue weighted by atomic mass is 10.3. The van der Waals surface area contributed by atoms with Crippen LogP contribution in [0.15, 0.2) is 18.2 Å². The van der Waals surface area contributed by atoms with Crippen LogP contribution in [0.25, 0.3) is 0 Å². The summed E-state index contributed by atoms with van der Waals surface area (Å²) in [4.78, 5) is 4.66. The molecule has 0 spiro atoms. The first kappa shape index (κ1) is 12.2. The number of rotatable bonds is 1. The second kappa shape index (κ2) is 4.76. The number of nitrogens with one attached hydrogen (secondary N) is 3. The zero-order valence-electron chi connectivity index (χ0n) is 7.25. The predicted molar refractivity (Wildman–Crippen MR) is 61.3 cm³/mol. The molecule has 0 saturated carbocycles. The Morgan fingerprint density at radius 1 is 1.33 bits per heavy atom. The second-order valence-corrected chi connectivity index (χ2v) is 3.33. The van der Waals surface area contributed by atoms with Crippen molar-refractivity contribution in [1.82, 2.24) is 11.0 Å². The zero-order chi connectivity index (χ0) is 10.1. The maximum Gasteiger partial charge on any atom is 0.324 e. The summed E-state index contributed by atoms with van der Waals surface area (Å²) in [6, 6.07) is 5.04. The fourth-order valence-corrected chi connectivity index (χ4v) is 1.39.